The number of aliphatic hydroxyl groups is 1. The highest BCUT2D eigenvalue weighted by atomic mass is 16.3. The van der Waals surface area contributed by atoms with Crippen molar-refractivity contribution in [1.82, 2.24) is 9.80 Å². The van der Waals surface area contributed by atoms with E-state index >= 15 is 0 Å². The van der Waals surface area contributed by atoms with Gasteiger partial charge in [0, 0.05) is 38.8 Å². The number of piperazine rings is 1. The normalized spacial score (nSPS) is 40.0. The summed E-state index contributed by atoms with van der Waals surface area (Å²) in [4.78, 5) is 5.19. The zero-order chi connectivity index (χ0) is 12.5. The van der Waals surface area contributed by atoms with E-state index in [0.29, 0.717) is 6.04 Å². The third-order valence-electron chi connectivity index (χ3n) is 5.13. The molecule has 3 unspecified atom stereocenters. The Morgan fingerprint density at radius 1 is 1.00 bits per heavy atom. The van der Waals surface area contributed by atoms with Crippen molar-refractivity contribution in [1.29, 1.82) is 0 Å². The number of nitrogens with zero attached hydrogens (tertiary/aromatic N) is 2. The molecule has 3 fully saturated rings. The van der Waals surface area contributed by atoms with Crippen molar-refractivity contribution in [3.05, 3.63) is 0 Å². The zero-order valence-electron chi connectivity index (χ0n) is 11.7. The van der Waals surface area contributed by atoms with Crippen LogP contribution in [0.5, 0.6) is 0 Å². The van der Waals surface area contributed by atoms with Crippen molar-refractivity contribution in [2.24, 2.45) is 11.8 Å². The molecule has 3 aliphatic rings. The molecule has 0 radical (unpaired) electrons. The van der Waals surface area contributed by atoms with Gasteiger partial charge >= 0.3 is 0 Å². The van der Waals surface area contributed by atoms with E-state index < -0.39 is 0 Å². The Morgan fingerprint density at radius 2 is 1.72 bits per heavy atom. The van der Waals surface area contributed by atoms with Crippen molar-refractivity contribution in [3.8, 4) is 0 Å². The molecule has 3 nitrogen and oxygen atoms in total. The highest BCUT2D eigenvalue weighted by Crippen LogP contribution is 2.31. The Balaban J connectivity index is 1.48. The van der Waals surface area contributed by atoms with Gasteiger partial charge in [-0.25, -0.2) is 0 Å². The lowest BCUT2D eigenvalue weighted by Gasteiger charge is -2.44. The average Bonchev–Trinajstić information content (AvgIpc) is 3.17. The van der Waals surface area contributed by atoms with Crippen molar-refractivity contribution in [3.63, 3.8) is 0 Å². The molecule has 0 amide bonds. The van der Waals surface area contributed by atoms with E-state index in [0.717, 1.165) is 18.3 Å². The Hall–Kier alpha value is -0.120. The van der Waals surface area contributed by atoms with Crippen LogP contribution in [-0.2, 0) is 0 Å². The first kappa shape index (κ1) is 12.9. The Bertz CT molecular complexity index is 272. The quantitative estimate of drug-likeness (QED) is 0.826. The first-order valence-corrected chi connectivity index (χ1v) is 7.87. The molecule has 2 aliphatic carbocycles. The van der Waals surface area contributed by atoms with Gasteiger partial charge in [-0.05, 0) is 43.9 Å². The number of rotatable bonds is 3. The van der Waals surface area contributed by atoms with Crippen LogP contribution in [0, 0.1) is 11.8 Å². The number of hydrogen-bond acceptors (Lipinski definition) is 3. The van der Waals surface area contributed by atoms with Crippen molar-refractivity contribution < 1.29 is 5.11 Å². The summed E-state index contributed by atoms with van der Waals surface area (Å²) < 4.78 is 0. The van der Waals surface area contributed by atoms with Gasteiger partial charge in [-0.2, -0.15) is 0 Å². The average molecular weight is 252 g/mol. The van der Waals surface area contributed by atoms with E-state index in [-0.39, 0.29) is 6.10 Å². The van der Waals surface area contributed by atoms with Crippen LogP contribution in [0.1, 0.15) is 39.0 Å². The van der Waals surface area contributed by atoms with Crippen molar-refractivity contribution >= 4 is 0 Å². The van der Waals surface area contributed by atoms with E-state index in [2.05, 4.69) is 16.7 Å². The van der Waals surface area contributed by atoms with Gasteiger partial charge in [0.2, 0.25) is 0 Å². The van der Waals surface area contributed by atoms with Gasteiger partial charge in [0.15, 0.2) is 0 Å². The second-order valence-corrected chi connectivity index (χ2v) is 6.83. The van der Waals surface area contributed by atoms with E-state index in [9.17, 15) is 5.11 Å². The second-order valence-electron chi connectivity index (χ2n) is 6.83. The molecule has 0 aromatic rings. The monoisotopic (exact) mass is 252 g/mol. The predicted molar refractivity (Wildman–Crippen MR) is 73.5 cm³/mol. The van der Waals surface area contributed by atoms with E-state index in [1.54, 1.807) is 0 Å². The molecule has 3 rings (SSSR count). The maximum atomic E-state index is 10.2. The van der Waals surface area contributed by atoms with E-state index in [1.807, 2.05) is 0 Å². The first-order valence-electron chi connectivity index (χ1n) is 7.87. The molecular formula is C15H28N2O. The molecule has 1 heterocycles. The molecule has 0 aromatic carbocycles. The van der Waals surface area contributed by atoms with Crippen LogP contribution in [0.25, 0.3) is 0 Å². The Kier molecular flexibility index (Phi) is 3.92. The first-order chi connectivity index (χ1) is 8.72. The van der Waals surface area contributed by atoms with E-state index in [1.165, 1.54) is 58.4 Å². The lowest BCUT2D eigenvalue weighted by atomic mass is 9.84. The third-order valence-corrected chi connectivity index (χ3v) is 5.13. The number of aliphatic hydroxyl groups excluding tert-OH is 1. The zero-order valence-corrected chi connectivity index (χ0v) is 11.7. The molecular weight excluding hydrogens is 224 g/mol. The standard InChI is InChI=1S/C15H28N2O/c1-12-2-5-15(18)14(10-12)17-8-6-16(7-9-17)11-13-3-4-13/h12-15,18H,2-11H2,1H3. The molecule has 0 aromatic heterocycles. The highest BCUT2D eigenvalue weighted by Gasteiger charge is 2.34. The lowest BCUT2D eigenvalue weighted by molar-refractivity contribution is -0.0154. The SMILES string of the molecule is CC1CCC(O)C(N2CCN(CC3CC3)CC2)C1. The Labute approximate surface area is 111 Å². The topological polar surface area (TPSA) is 26.7 Å². The summed E-state index contributed by atoms with van der Waals surface area (Å²) in [5.41, 5.74) is 0. The molecule has 3 heteroatoms. The summed E-state index contributed by atoms with van der Waals surface area (Å²) >= 11 is 0. The smallest absolute Gasteiger partial charge is 0.0695 e. The minimum absolute atomic E-state index is 0.0730. The van der Waals surface area contributed by atoms with Crippen LogP contribution < -0.4 is 0 Å². The summed E-state index contributed by atoms with van der Waals surface area (Å²) in [5.74, 6) is 1.81. The molecule has 1 aliphatic heterocycles. The van der Waals surface area contributed by atoms with Crippen LogP contribution in [-0.4, -0.2) is 59.8 Å². The maximum absolute atomic E-state index is 10.2. The molecule has 1 saturated heterocycles. The third kappa shape index (κ3) is 3.06. The Morgan fingerprint density at radius 3 is 2.39 bits per heavy atom. The van der Waals surface area contributed by atoms with Crippen LogP contribution in [0.15, 0.2) is 0 Å². The molecule has 0 bridgehead atoms. The van der Waals surface area contributed by atoms with Gasteiger partial charge in [-0.3, -0.25) is 4.90 Å². The predicted octanol–water partition coefficient (Wildman–Crippen LogP) is 1.56. The van der Waals surface area contributed by atoms with Crippen LogP contribution in [0.2, 0.25) is 0 Å². The van der Waals surface area contributed by atoms with Crippen LogP contribution >= 0.6 is 0 Å². The molecule has 3 atom stereocenters. The van der Waals surface area contributed by atoms with Crippen LogP contribution in [0.3, 0.4) is 0 Å². The fourth-order valence-corrected chi connectivity index (χ4v) is 3.67. The summed E-state index contributed by atoms with van der Waals surface area (Å²) in [6.07, 6.45) is 6.26. The molecule has 0 spiro atoms. The van der Waals surface area contributed by atoms with E-state index in [4.69, 9.17) is 0 Å². The van der Waals surface area contributed by atoms with Gasteiger partial charge < -0.3 is 10.0 Å². The molecule has 104 valence electrons. The van der Waals surface area contributed by atoms with Gasteiger partial charge in [0.1, 0.15) is 0 Å². The van der Waals surface area contributed by atoms with Crippen LogP contribution in [0.4, 0.5) is 0 Å². The second kappa shape index (κ2) is 5.48. The van der Waals surface area contributed by atoms with Gasteiger partial charge in [-0.1, -0.05) is 6.92 Å². The largest absolute Gasteiger partial charge is 0.391 e. The maximum Gasteiger partial charge on any atom is 0.0695 e. The number of hydrogen-bond donors (Lipinski definition) is 1. The van der Waals surface area contributed by atoms with Gasteiger partial charge in [-0.15, -0.1) is 0 Å². The highest BCUT2D eigenvalue weighted by molar-refractivity contribution is 4.89. The summed E-state index contributed by atoms with van der Waals surface area (Å²) in [5, 5.41) is 10.2. The minimum Gasteiger partial charge on any atom is -0.391 e. The summed E-state index contributed by atoms with van der Waals surface area (Å²) in [7, 11) is 0. The van der Waals surface area contributed by atoms with Crippen molar-refractivity contribution in [2.45, 2.75) is 51.2 Å². The molecule has 18 heavy (non-hydrogen) atoms. The van der Waals surface area contributed by atoms with Gasteiger partial charge in [0.25, 0.3) is 0 Å². The molecule has 1 N–H and O–H groups in total. The fraction of sp³-hybridized carbons (Fsp3) is 1.00. The fourth-order valence-electron chi connectivity index (χ4n) is 3.67. The summed E-state index contributed by atoms with van der Waals surface area (Å²) in [6, 6.07) is 0.442. The van der Waals surface area contributed by atoms with Gasteiger partial charge in [0.05, 0.1) is 6.10 Å². The lowest BCUT2D eigenvalue weighted by Crippen LogP contribution is -2.55. The minimum atomic E-state index is -0.0730. The van der Waals surface area contributed by atoms with Crippen molar-refractivity contribution in [2.75, 3.05) is 32.7 Å². The molecule has 2 saturated carbocycles. The summed E-state index contributed by atoms with van der Waals surface area (Å²) in [6.45, 7) is 8.43.